The van der Waals surface area contributed by atoms with Gasteiger partial charge in [-0.15, -0.1) is 11.3 Å². The van der Waals surface area contributed by atoms with Gasteiger partial charge in [0.05, 0.1) is 28.4 Å². The summed E-state index contributed by atoms with van der Waals surface area (Å²) in [6.45, 7) is 0.378. The number of pyridine rings is 2. The lowest BCUT2D eigenvalue weighted by Gasteiger charge is -2.22. The van der Waals surface area contributed by atoms with Crippen LogP contribution in [0.15, 0.2) is 78.4 Å². The monoisotopic (exact) mass is 427 g/mol. The Balaban J connectivity index is 1.42. The molecular weight excluding hydrogens is 410 g/mol. The summed E-state index contributed by atoms with van der Waals surface area (Å²) in [5.74, 6) is 0.713. The van der Waals surface area contributed by atoms with Crippen LogP contribution in [0, 0.1) is 0 Å². The van der Waals surface area contributed by atoms with Crippen LogP contribution in [0.3, 0.4) is 0 Å². The molecule has 1 aromatic carbocycles. The Morgan fingerprint density at radius 1 is 1.00 bits per heavy atom. The van der Waals surface area contributed by atoms with E-state index in [4.69, 9.17) is 0 Å². The van der Waals surface area contributed by atoms with Crippen LogP contribution in [0.5, 0.6) is 0 Å². The largest absolute Gasteiger partial charge is 0.338 e. The minimum Gasteiger partial charge on any atom is -0.338 e. The number of hydrogen-bond donors (Lipinski definition) is 2. The average Bonchev–Trinajstić information content (AvgIpc) is 3.29. The smallest absolute Gasteiger partial charge is 0.266 e. The molecule has 7 nitrogen and oxygen atoms in total. The standard InChI is InChI=1S/C23H17N5O2S/c29-22(19-8-4-12-31-19)27-20-10-9-15(13-25-20)23(30)28-14-16-5-3-11-24-21(16)26-17-6-1-2-7-18(17)28/h1-13H,14H2,(H,24,26)(H,25,27,29). The van der Waals surface area contributed by atoms with Gasteiger partial charge in [0.2, 0.25) is 0 Å². The second-order valence-corrected chi connectivity index (χ2v) is 7.86. The lowest BCUT2D eigenvalue weighted by atomic mass is 10.2. The van der Waals surface area contributed by atoms with Gasteiger partial charge in [-0.25, -0.2) is 9.97 Å². The van der Waals surface area contributed by atoms with Crippen LogP contribution in [-0.4, -0.2) is 21.8 Å². The maximum Gasteiger partial charge on any atom is 0.266 e. The Kier molecular flexibility index (Phi) is 4.89. The molecular formula is C23H17N5O2S. The molecule has 4 aromatic rings. The highest BCUT2D eigenvalue weighted by molar-refractivity contribution is 7.12. The predicted octanol–water partition coefficient (Wildman–Crippen LogP) is 4.69. The Morgan fingerprint density at radius 3 is 2.71 bits per heavy atom. The third kappa shape index (κ3) is 3.76. The van der Waals surface area contributed by atoms with E-state index in [0.717, 1.165) is 22.8 Å². The van der Waals surface area contributed by atoms with Crippen molar-refractivity contribution < 1.29 is 9.59 Å². The molecule has 3 aromatic heterocycles. The highest BCUT2D eigenvalue weighted by atomic mass is 32.1. The Labute approximate surface area is 182 Å². The zero-order valence-electron chi connectivity index (χ0n) is 16.3. The van der Waals surface area contributed by atoms with Gasteiger partial charge in [0, 0.05) is 18.0 Å². The van der Waals surface area contributed by atoms with Gasteiger partial charge in [-0.1, -0.05) is 24.3 Å². The van der Waals surface area contributed by atoms with Crippen molar-refractivity contribution in [2.45, 2.75) is 6.54 Å². The van der Waals surface area contributed by atoms with E-state index < -0.39 is 0 Å². The van der Waals surface area contributed by atoms with E-state index in [1.807, 2.05) is 47.8 Å². The first-order valence-electron chi connectivity index (χ1n) is 9.62. The summed E-state index contributed by atoms with van der Waals surface area (Å²) < 4.78 is 0. The number of carbonyl (C=O) groups is 2. The van der Waals surface area contributed by atoms with Gasteiger partial charge in [0.15, 0.2) is 0 Å². The number of benzene rings is 1. The molecule has 31 heavy (non-hydrogen) atoms. The van der Waals surface area contributed by atoms with Crippen LogP contribution < -0.4 is 15.5 Å². The zero-order valence-corrected chi connectivity index (χ0v) is 17.1. The number of nitrogens with zero attached hydrogens (tertiary/aromatic N) is 3. The van der Waals surface area contributed by atoms with Gasteiger partial charge in [-0.05, 0) is 41.8 Å². The quantitative estimate of drug-likeness (QED) is 0.495. The second-order valence-electron chi connectivity index (χ2n) is 6.91. The molecule has 5 rings (SSSR count). The fraction of sp³-hybridized carbons (Fsp3) is 0.0435. The molecule has 0 saturated carbocycles. The summed E-state index contributed by atoms with van der Waals surface area (Å²) in [4.78, 5) is 36.6. The normalized spacial score (nSPS) is 12.2. The predicted molar refractivity (Wildman–Crippen MR) is 121 cm³/mol. The summed E-state index contributed by atoms with van der Waals surface area (Å²) in [7, 11) is 0. The minimum atomic E-state index is -0.224. The van der Waals surface area contributed by atoms with E-state index in [1.54, 1.807) is 29.3 Å². The maximum atomic E-state index is 13.4. The SMILES string of the molecule is O=C(Nc1ccc(C(=O)N2Cc3cccnc3Nc3ccccc32)cn1)c1cccs1. The number of fused-ring (bicyclic) bond motifs is 2. The van der Waals surface area contributed by atoms with Gasteiger partial charge < -0.3 is 15.5 Å². The van der Waals surface area contributed by atoms with Crippen molar-refractivity contribution in [2.24, 2.45) is 0 Å². The van der Waals surface area contributed by atoms with Crippen molar-refractivity contribution >= 4 is 46.2 Å². The zero-order chi connectivity index (χ0) is 21.2. The number of hydrogen-bond acceptors (Lipinski definition) is 6. The summed E-state index contributed by atoms with van der Waals surface area (Å²) >= 11 is 1.36. The molecule has 1 aliphatic rings. The Bertz CT molecular complexity index is 1260. The maximum absolute atomic E-state index is 13.4. The van der Waals surface area contributed by atoms with E-state index in [9.17, 15) is 9.59 Å². The van der Waals surface area contributed by atoms with E-state index in [1.165, 1.54) is 17.5 Å². The van der Waals surface area contributed by atoms with Gasteiger partial charge in [-0.3, -0.25) is 9.59 Å². The molecule has 152 valence electrons. The van der Waals surface area contributed by atoms with Crippen LogP contribution in [0.2, 0.25) is 0 Å². The molecule has 4 heterocycles. The molecule has 0 radical (unpaired) electrons. The molecule has 0 bridgehead atoms. The molecule has 8 heteroatoms. The molecule has 0 fully saturated rings. The Morgan fingerprint density at radius 2 is 1.90 bits per heavy atom. The topological polar surface area (TPSA) is 87.2 Å². The van der Waals surface area contributed by atoms with Crippen LogP contribution in [0.4, 0.5) is 23.0 Å². The molecule has 0 atom stereocenters. The van der Waals surface area contributed by atoms with Crippen LogP contribution in [0.1, 0.15) is 25.6 Å². The number of aromatic nitrogens is 2. The molecule has 0 aliphatic carbocycles. The first-order chi connectivity index (χ1) is 15.2. The molecule has 2 N–H and O–H groups in total. The first kappa shape index (κ1) is 19.0. The van der Waals surface area contributed by atoms with Crippen molar-refractivity contribution in [3.8, 4) is 0 Å². The average molecular weight is 427 g/mol. The van der Waals surface area contributed by atoms with Gasteiger partial charge in [-0.2, -0.15) is 0 Å². The van der Waals surface area contributed by atoms with Crippen molar-refractivity contribution in [1.29, 1.82) is 0 Å². The number of rotatable bonds is 3. The lowest BCUT2D eigenvalue weighted by molar-refractivity contribution is 0.0984. The van der Waals surface area contributed by atoms with Crippen molar-refractivity contribution in [2.75, 3.05) is 15.5 Å². The summed E-state index contributed by atoms with van der Waals surface area (Å²) in [5.41, 5.74) is 2.91. The van der Waals surface area contributed by atoms with Crippen molar-refractivity contribution in [1.82, 2.24) is 9.97 Å². The molecule has 2 amide bonds. The lowest BCUT2D eigenvalue weighted by Crippen LogP contribution is -2.30. The van der Waals surface area contributed by atoms with Gasteiger partial charge in [0.25, 0.3) is 11.8 Å². The number of carbonyl (C=O) groups excluding carboxylic acids is 2. The van der Waals surface area contributed by atoms with Gasteiger partial charge in [0.1, 0.15) is 11.6 Å². The number of anilines is 4. The van der Waals surface area contributed by atoms with Crippen LogP contribution >= 0.6 is 11.3 Å². The molecule has 0 spiro atoms. The number of para-hydroxylation sites is 2. The Hall–Kier alpha value is -4.04. The van der Waals surface area contributed by atoms with Crippen LogP contribution in [0.25, 0.3) is 0 Å². The number of amides is 2. The third-order valence-corrected chi connectivity index (χ3v) is 5.78. The van der Waals surface area contributed by atoms with Crippen molar-refractivity contribution in [3.05, 3.63) is 94.4 Å². The molecule has 1 aliphatic heterocycles. The van der Waals surface area contributed by atoms with E-state index in [2.05, 4.69) is 20.6 Å². The summed E-state index contributed by atoms with van der Waals surface area (Å²) in [6, 6.07) is 18.3. The highest BCUT2D eigenvalue weighted by Crippen LogP contribution is 2.35. The number of thiophene rings is 1. The van der Waals surface area contributed by atoms with Crippen molar-refractivity contribution in [3.63, 3.8) is 0 Å². The number of nitrogens with one attached hydrogen (secondary N) is 2. The highest BCUT2D eigenvalue weighted by Gasteiger charge is 2.25. The fourth-order valence-electron chi connectivity index (χ4n) is 3.39. The third-order valence-electron chi connectivity index (χ3n) is 4.91. The second kappa shape index (κ2) is 8.00. The molecule has 0 saturated heterocycles. The van der Waals surface area contributed by atoms with E-state index in [0.29, 0.717) is 22.8 Å². The molecule has 0 unspecified atom stereocenters. The fourth-order valence-corrected chi connectivity index (χ4v) is 4.01. The minimum absolute atomic E-state index is 0.186. The summed E-state index contributed by atoms with van der Waals surface area (Å²) in [5, 5.41) is 7.90. The van der Waals surface area contributed by atoms with E-state index >= 15 is 0 Å². The first-order valence-corrected chi connectivity index (χ1v) is 10.5. The van der Waals surface area contributed by atoms with Crippen LogP contribution in [-0.2, 0) is 6.54 Å². The van der Waals surface area contributed by atoms with Gasteiger partial charge >= 0.3 is 0 Å². The van der Waals surface area contributed by atoms with E-state index in [-0.39, 0.29) is 11.8 Å². The summed E-state index contributed by atoms with van der Waals surface area (Å²) in [6.07, 6.45) is 3.20.